The molecule has 1 saturated heterocycles. The lowest BCUT2D eigenvalue weighted by atomic mass is 10.0. The van der Waals surface area contributed by atoms with E-state index < -0.39 is 39.3 Å². The second-order valence-electron chi connectivity index (χ2n) is 5.33. The van der Waals surface area contributed by atoms with E-state index in [0.29, 0.717) is 6.07 Å². The zero-order chi connectivity index (χ0) is 15.8. The second-order valence-corrected chi connectivity index (χ2v) is 5.33. The SMILES string of the molecule is CC1(C)COCCN1C(=O)c1c(F)ccc([N+](=O)[O-])c1F. The van der Waals surface area contributed by atoms with Gasteiger partial charge in [-0.1, -0.05) is 0 Å². The van der Waals surface area contributed by atoms with Gasteiger partial charge in [0.25, 0.3) is 5.91 Å². The van der Waals surface area contributed by atoms with Crippen molar-refractivity contribution in [2.75, 3.05) is 19.8 Å². The number of rotatable bonds is 2. The number of carbonyl (C=O) groups excluding carboxylic acids is 1. The fraction of sp³-hybridized carbons (Fsp3) is 0.462. The molecule has 1 fully saturated rings. The smallest absolute Gasteiger partial charge is 0.305 e. The number of ether oxygens (including phenoxy) is 1. The standard InChI is InChI=1S/C13H14F2N2O4/c1-13(2)7-21-6-5-16(13)12(18)10-8(14)3-4-9(11(10)15)17(19)20/h3-4H,5-7H2,1-2H3. The summed E-state index contributed by atoms with van der Waals surface area (Å²) in [5.41, 5.74) is -2.58. The van der Waals surface area contributed by atoms with E-state index in [0.717, 1.165) is 6.07 Å². The molecule has 8 heteroatoms. The first-order valence-corrected chi connectivity index (χ1v) is 6.28. The molecule has 1 aromatic rings. The van der Waals surface area contributed by atoms with Crippen LogP contribution < -0.4 is 0 Å². The van der Waals surface area contributed by atoms with E-state index in [2.05, 4.69) is 0 Å². The van der Waals surface area contributed by atoms with Crippen molar-refractivity contribution in [1.29, 1.82) is 0 Å². The average molecular weight is 300 g/mol. The van der Waals surface area contributed by atoms with Crippen molar-refractivity contribution in [3.8, 4) is 0 Å². The first-order chi connectivity index (χ1) is 9.75. The van der Waals surface area contributed by atoms with Gasteiger partial charge in [0.2, 0.25) is 5.82 Å². The van der Waals surface area contributed by atoms with Crippen LogP contribution in [0.4, 0.5) is 14.5 Å². The highest BCUT2D eigenvalue weighted by Crippen LogP contribution is 2.28. The number of nitro benzene ring substituents is 1. The van der Waals surface area contributed by atoms with Crippen LogP contribution in [-0.4, -0.2) is 41.0 Å². The summed E-state index contributed by atoms with van der Waals surface area (Å²) in [7, 11) is 0. The maximum Gasteiger partial charge on any atom is 0.305 e. The average Bonchev–Trinajstić information content (AvgIpc) is 2.37. The largest absolute Gasteiger partial charge is 0.377 e. The van der Waals surface area contributed by atoms with E-state index in [1.54, 1.807) is 13.8 Å². The number of benzene rings is 1. The molecule has 0 radical (unpaired) electrons. The molecule has 2 rings (SSSR count). The highest BCUT2D eigenvalue weighted by Gasteiger charge is 2.38. The van der Waals surface area contributed by atoms with Crippen molar-refractivity contribution in [2.24, 2.45) is 0 Å². The maximum atomic E-state index is 14.1. The van der Waals surface area contributed by atoms with Gasteiger partial charge in [0.1, 0.15) is 11.4 Å². The number of nitro groups is 1. The fourth-order valence-electron chi connectivity index (χ4n) is 2.25. The monoisotopic (exact) mass is 300 g/mol. The van der Waals surface area contributed by atoms with Crippen molar-refractivity contribution in [3.05, 3.63) is 39.4 Å². The molecule has 1 aliphatic rings. The number of halogens is 2. The molecule has 114 valence electrons. The predicted molar refractivity (Wildman–Crippen MR) is 68.9 cm³/mol. The van der Waals surface area contributed by atoms with Crippen LogP contribution in [0.2, 0.25) is 0 Å². The van der Waals surface area contributed by atoms with Crippen LogP contribution >= 0.6 is 0 Å². The van der Waals surface area contributed by atoms with Gasteiger partial charge in [0.15, 0.2) is 0 Å². The first kappa shape index (κ1) is 15.3. The third kappa shape index (κ3) is 2.71. The van der Waals surface area contributed by atoms with Gasteiger partial charge in [0.05, 0.1) is 23.7 Å². The quantitative estimate of drug-likeness (QED) is 0.619. The Bertz CT molecular complexity index is 604. The highest BCUT2D eigenvalue weighted by atomic mass is 19.1. The van der Waals surface area contributed by atoms with Gasteiger partial charge in [-0.2, -0.15) is 4.39 Å². The summed E-state index contributed by atoms with van der Waals surface area (Å²) in [4.78, 5) is 23.4. The summed E-state index contributed by atoms with van der Waals surface area (Å²) in [5.74, 6) is -3.49. The summed E-state index contributed by atoms with van der Waals surface area (Å²) < 4.78 is 33.1. The summed E-state index contributed by atoms with van der Waals surface area (Å²) in [6.07, 6.45) is 0. The number of morpholine rings is 1. The van der Waals surface area contributed by atoms with Crippen LogP contribution in [0, 0.1) is 21.7 Å². The molecular formula is C13H14F2N2O4. The van der Waals surface area contributed by atoms with E-state index in [-0.39, 0.29) is 19.8 Å². The summed E-state index contributed by atoms with van der Waals surface area (Å²) >= 11 is 0. The summed E-state index contributed by atoms with van der Waals surface area (Å²) in [6, 6.07) is 1.42. The zero-order valence-electron chi connectivity index (χ0n) is 11.6. The molecule has 0 unspecified atom stereocenters. The Morgan fingerprint density at radius 3 is 2.67 bits per heavy atom. The minimum atomic E-state index is -1.45. The second kappa shape index (κ2) is 5.36. The van der Waals surface area contributed by atoms with Crippen molar-refractivity contribution in [2.45, 2.75) is 19.4 Å². The van der Waals surface area contributed by atoms with E-state index >= 15 is 0 Å². The Morgan fingerprint density at radius 1 is 1.43 bits per heavy atom. The van der Waals surface area contributed by atoms with Gasteiger partial charge in [-0.3, -0.25) is 14.9 Å². The van der Waals surface area contributed by atoms with Crippen molar-refractivity contribution >= 4 is 11.6 Å². The number of nitrogens with zero attached hydrogens (tertiary/aromatic N) is 2. The van der Waals surface area contributed by atoms with E-state index in [1.807, 2.05) is 0 Å². The van der Waals surface area contributed by atoms with Crippen LogP contribution in [0.1, 0.15) is 24.2 Å². The Labute approximate surface area is 119 Å². The van der Waals surface area contributed by atoms with Crippen molar-refractivity contribution in [3.63, 3.8) is 0 Å². The van der Waals surface area contributed by atoms with E-state index in [4.69, 9.17) is 4.74 Å². The van der Waals surface area contributed by atoms with Crippen molar-refractivity contribution < 1.29 is 23.2 Å². The molecule has 0 atom stereocenters. The van der Waals surface area contributed by atoms with Gasteiger partial charge in [-0.05, 0) is 19.9 Å². The number of hydrogen-bond donors (Lipinski definition) is 0. The minimum absolute atomic E-state index is 0.160. The summed E-state index contributed by atoms with van der Waals surface area (Å²) in [6.45, 7) is 4.01. The van der Waals surface area contributed by atoms with Crippen LogP contribution in [0.25, 0.3) is 0 Å². The molecule has 0 spiro atoms. The number of carbonyl (C=O) groups is 1. The number of hydrogen-bond acceptors (Lipinski definition) is 4. The lowest BCUT2D eigenvalue weighted by molar-refractivity contribution is -0.387. The molecule has 0 aromatic heterocycles. The fourth-order valence-corrected chi connectivity index (χ4v) is 2.25. The Balaban J connectivity index is 2.48. The predicted octanol–water partition coefficient (Wildman–Crippen LogP) is 2.12. The third-order valence-corrected chi connectivity index (χ3v) is 3.37. The van der Waals surface area contributed by atoms with Crippen LogP contribution in [0.5, 0.6) is 0 Å². The van der Waals surface area contributed by atoms with Gasteiger partial charge >= 0.3 is 5.69 Å². The summed E-state index contributed by atoms with van der Waals surface area (Å²) in [5, 5.41) is 10.7. The van der Waals surface area contributed by atoms with Crippen LogP contribution in [0.3, 0.4) is 0 Å². The normalized spacial score (nSPS) is 17.6. The van der Waals surface area contributed by atoms with Crippen LogP contribution in [-0.2, 0) is 4.74 Å². The van der Waals surface area contributed by atoms with Gasteiger partial charge < -0.3 is 9.64 Å². The molecule has 0 aliphatic carbocycles. The molecule has 0 bridgehead atoms. The maximum absolute atomic E-state index is 14.1. The highest BCUT2D eigenvalue weighted by molar-refractivity contribution is 5.96. The van der Waals surface area contributed by atoms with Gasteiger partial charge in [-0.15, -0.1) is 0 Å². The topological polar surface area (TPSA) is 72.7 Å². The van der Waals surface area contributed by atoms with Gasteiger partial charge in [-0.25, -0.2) is 4.39 Å². The Morgan fingerprint density at radius 2 is 2.10 bits per heavy atom. The van der Waals surface area contributed by atoms with Crippen LogP contribution in [0.15, 0.2) is 12.1 Å². The lowest BCUT2D eigenvalue weighted by Crippen LogP contribution is -2.55. The molecule has 0 saturated carbocycles. The molecule has 1 heterocycles. The molecule has 1 amide bonds. The van der Waals surface area contributed by atoms with Crippen molar-refractivity contribution in [1.82, 2.24) is 4.90 Å². The van der Waals surface area contributed by atoms with Gasteiger partial charge in [0, 0.05) is 12.6 Å². The molecule has 1 aromatic carbocycles. The van der Waals surface area contributed by atoms with E-state index in [9.17, 15) is 23.7 Å². The molecule has 1 aliphatic heterocycles. The number of amides is 1. The molecular weight excluding hydrogens is 286 g/mol. The minimum Gasteiger partial charge on any atom is -0.377 e. The molecule has 6 nitrogen and oxygen atoms in total. The van der Waals surface area contributed by atoms with E-state index in [1.165, 1.54) is 4.90 Å². The first-order valence-electron chi connectivity index (χ1n) is 6.28. The third-order valence-electron chi connectivity index (χ3n) is 3.37. The lowest BCUT2D eigenvalue weighted by Gasteiger charge is -2.42. The Kier molecular flexibility index (Phi) is 3.91. The Hall–Kier alpha value is -2.09. The molecule has 21 heavy (non-hydrogen) atoms. The molecule has 0 N–H and O–H groups in total. The zero-order valence-corrected chi connectivity index (χ0v) is 11.6.